The van der Waals surface area contributed by atoms with Crippen molar-refractivity contribution < 1.29 is 9.90 Å². The number of amides is 2. The van der Waals surface area contributed by atoms with E-state index in [1.807, 2.05) is 31.3 Å². The summed E-state index contributed by atoms with van der Waals surface area (Å²) in [6.45, 7) is 4.66. The minimum Gasteiger partial charge on any atom is -0.383 e. The molecule has 3 N–H and O–H groups in total. The van der Waals surface area contributed by atoms with E-state index in [0.717, 1.165) is 12.2 Å². The lowest BCUT2D eigenvalue weighted by molar-refractivity contribution is 0.0599. The standard InChI is InChI=1S/C17H25N5O2/c1-5-21(3)15-8-6-7-14(9-15)20-16(23)18-12-17(2,24)13-10-19-22(4)11-13/h6-11,24H,5,12H2,1-4H3,(H2,18,20,23)/t17-/m0/s1. The third kappa shape index (κ3) is 4.48. The molecule has 130 valence electrons. The Hall–Kier alpha value is -2.54. The number of aryl methyl sites for hydroxylation is 1. The second-order valence-corrected chi connectivity index (χ2v) is 6.05. The second kappa shape index (κ2) is 7.35. The summed E-state index contributed by atoms with van der Waals surface area (Å²) < 4.78 is 1.61. The summed E-state index contributed by atoms with van der Waals surface area (Å²) in [7, 11) is 3.77. The summed E-state index contributed by atoms with van der Waals surface area (Å²) in [6.07, 6.45) is 3.31. The maximum absolute atomic E-state index is 12.1. The van der Waals surface area contributed by atoms with Crippen LogP contribution in [-0.2, 0) is 12.6 Å². The molecule has 0 bridgehead atoms. The number of benzene rings is 1. The highest BCUT2D eigenvalue weighted by molar-refractivity contribution is 5.89. The number of nitrogens with one attached hydrogen (secondary N) is 2. The Kier molecular flexibility index (Phi) is 5.46. The van der Waals surface area contributed by atoms with Crippen LogP contribution in [0, 0.1) is 0 Å². The van der Waals surface area contributed by atoms with Gasteiger partial charge in [-0.15, -0.1) is 0 Å². The van der Waals surface area contributed by atoms with E-state index in [-0.39, 0.29) is 12.6 Å². The number of urea groups is 1. The van der Waals surface area contributed by atoms with Crippen molar-refractivity contribution in [3.8, 4) is 0 Å². The highest BCUT2D eigenvalue weighted by atomic mass is 16.3. The summed E-state index contributed by atoms with van der Waals surface area (Å²) in [5.74, 6) is 0. The first-order valence-corrected chi connectivity index (χ1v) is 7.89. The summed E-state index contributed by atoms with van der Waals surface area (Å²) >= 11 is 0. The topological polar surface area (TPSA) is 82.4 Å². The van der Waals surface area contributed by atoms with E-state index in [2.05, 4.69) is 27.6 Å². The summed E-state index contributed by atoms with van der Waals surface area (Å²) in [5.41, 5.74) is 1.19. The maximum Gasteiger partial charge on any atom is 0.319 e. The van der Waals surface area contributed by atoms with Gasteiger partial charge in [0.05, 0.1) is 12.7 Å². The van der Waals surface area contributed by atoms with Crippen LogP contribution < -0.4 is 15.5 Å². The number of carbonyl (C=O) groups excluding carboxylic acids is 1. The minimum atomic E-state index is -1.18. The van der Waals surface area contributed by atoms with E-state index < -0.39 is 5.60 Å². The van der Waals surface area contributed by atoms with Gasteiger partial charge in [-0.1, -0.05) is 6.07 Å². The molecule has 0 fully saturated rings. The van der Waals surface area contributed by atoms with E-state index in [1.165, 1.54) is 0 Å². The van der Waals surface area contributed by atoms with Crippen molar-refractivity contribution in [3.63, 3.8) is 0 Å². The monoisotopic (exact) mass is 331 g/mol. The Morgan fingerprint density at radius 3 is 2.83 bits per heavy atom. The fraction of sp³-hybridized carbons (Fsp3) is 0.412. The molecule has 0 saturated heterocycles. The fourth-order valence-corrected chi connectivity index (χ4v) is 2.23. The van der Waals surface area contributed by atoms with Gasteiger partial charge >= 0.3 is 6.03 Å². The van der Waals surface area contributed by atoms with E-state index in [0.29, 0.717) is 11.3 Å². The summed E-state index contributed by atoms with van der Waals surface area (Å²) in [5, 5.41) is 20.0. The first-order chi connectivity index (χ1) is 11.3. The van der Waals surface area contributed by atoms with Gasteiger partial charge in [-0.05, 0) is 32.0 Å². The van der Waals surface area contributed by atoms with E-state index in [9.17, 15) is 9.90 Å². The zero-order valence-corrected chi connectivity index (χ0v) is 14.6. The van der Waals surface area contributed by atoms with E-state index in [1.54, 1.807) is 31.0 Å². The van der Waals surface area contributed by atoms with Gasteiger partial charge in [0.15, 0.2) is 0 Å². The molecule has 0 spiro atoms. The lowest BCUT2D eigenvalue weighted by atomic mass is 10.00. The predicted octanol–water partition coefficient (Wildman–Crippen LogP) is 1.91. The Morgan fingerprint density at radius 2 is 2.21 bits per heavy atom. The third-order valence-electron chi connectivity index (χ3n) is 3.94. The number of carbonyl (C=O) groups is 1. The van der Waals surface area contributed by atoms with Gasteiger partial charge in [0.1, 0.15) is 5.60 Å². The van der Waals surface area contributed by atoms with Crippen LogP contribution in [0.4, 0.5) is 16.2 Å². The van der Waals surface area contributed by atoms with Gasteiger partial charge in [-0.25, -0.2) is 4.79 Å². The molecule has 0 radical (unpaired) electrons. The van der Waals surface area contributed by atoms with Crippen molar-refractivity contribution >= 4 is 17.4 Å². The van der Waals surface area contributed by atoms with Gasteiger partial charge in [0.2, 0.25) is 0 Å². The largest absolute Gasteiger partial charge is 0.383 e. The SMILES string of the molecule is CCN(C)c1cccc(NC(=O)NC[C@](C)(O)c2cnn(C)c2)c1. The number of hydrogen-bond acceptors (Lipinski definition) is 4. The molecule has 0 aliphatic carbocycles. The van der Waals surface area contributed by atoms with Gasteiger partial charge < -0.3 is 20.6 Å². The van der Waals surface area contributed by atoms with Crippen molar-refractivity contribution in [1.29, 1.82) is 0 Å². The van der Waals surface area contributed by atoms with E-state index >= 15 is 0 Å². The molecule has 2 amide bonds. The number of nitrogens with zero attached hydrogens (tertiary/aromatic N) is 3. The number of anilines is 2. The highest BCUT2D eigenvalue weighted by Crippen LogP contribution is 2.20. The number of rotatable bonds is 6. The normalized spacial score (nSPS) is 13.2. The smallest absolute Gasteiger partial charge is 0.319 e. The first-order valence-electron chi connectivity index (χ1n) is 7.89. The van der Waals surface area contributed by atoms with Gasteiger partial charge in [-0.2, -0.15) is 5.10 Å². The van der Waals surface area contributed by atoms with Crippen LogP contribution in [0.15, 0.2) is 36.7 Å². The quantitative estimate of drug-likeness (QED) is 0.755. The summed E-state index contributed by atoms with van der Waals surface area (Å²) in [6, 6.07) is 7.24. The zero-order valence-electron chi connectivity index (χ0n) is 14.6. The average molecular weight is 331 g/mol. The predicted molar refractivity (Wildman–Crippen MR) is 95.2 cm³/mol. The molecule has 1 aromatic carbocycles. The molecule has 24 heavy (non-hydrogen) atoms. The van der Waals surface area contributed by atoms with Crippen molar-refractivity contribution in [3.05, 3.63) is 42.2 Å². The molecule has 0 aliphatic heterocycles. The van der Waals surface area contributed by atoms with Gasteiger partial charge in [0, 0.05) is 43.8 Å². The molecule has 2 rings (SSSR count). The Morgan fingerprint density at radius 1 is 1.46 bits per heavy atom. The molecule has 7 nitrogen and oxygen atoms in total. The van der Waals surface area contributed by atoms with Gasteiger partial charge in [0.25, 0.3) is 0 Å². The number of aliphatic hydroxyl groups is 1. The molecule has 1 aromatic heterocycles. The Labute approximate surface area is 142 Å². The lowest BCUT2D eigenvalue weighted by Gasteiger charge is -2.22. The van der Waals surface area contributed by atoms with Crippen LogP contribution in [0.1, 0.15) is 19.4 Å². The molecule has 2 aromatic rings. The summed E-state index contributed by atoms with van der Waals surface area (Å²) in [4.78, 5) is 14.2. The van der Waals surface area contributed by atoms with Crippen molar-refractivity contribution in [1.82, 2.24) is 15.1 Å². The Balaban J connectivity index is 1.94. The second-order valence-electron chi connectivity index (χ2n) is 6.05. The lowest BCUT2D eigenvalue weighted by Crippen LogP contribution is -2.40. The molecule has 0 aliphatic rings. The number of hydrogen-bond donors (Lipinski definition) is 3. The first kappa shape index (κ1) is 17.8. The van der Waals surface area contributed by atoms with Crippen molar-refractivity contribution in [2.75, 3.05) is 30.4 Å². The van der Waals surface area contributed by atoms with Crippen LogP contribution in [0.3, 0.4) is 0 Å². The fourth-order valence-electron chi connectivity index (χ4n) is 2.23. The zero-order chi connectivity index (χ0) is 17.7. The number of aromatic nitrogens is 2. The van der Waals surface area contributed by atoms with Crippen LogP contribution in [0.5, 0.6) is 0 Å². The third-order valence-corrected chi connectivity index (χ3v) is 3.94. The molecule has 7 heteroatoms. The van der Waals surface area contributed by atoms with Crippen LogP contribution in [-0.4, -0.2) is 41.1 Å². The van der Waals surface area contributed by atoms with Crippen LogP contribution in [0.2, 0.25) is 0 Å². The molecular weight excluding hydrogens is 306 g/mol. The molecule has 0 unspecified atom stereocenters. The molecule has 1 atom stereocenters. The minimum absolute atomic E-state index is 0.0824. The average Bonchev–Trinajstić information content (AvgIpc) is 3.00. The molecular formula is C17H25N5O2. The van der Waals surface area contributed by atoms with Gasteiger partial charge in [-0.3, -0.25) is 4.68 Å². The van der Waals surface area contributed by atoms with Crippen LogP contribution in [0.25, 0.3) is 0 Å². The van der Waals surface area contributed by atoms with Crippen molar-refractivity contribution in [2.45, 2.75) is 19.4 Å². The Bertz CT molecular complexity index is 696. The van der Waals surface area contributed by atoms with E-state index in [4.69, 9.17) is 0 Å². The molecule has 1 heterocycles. The van der Waals surface area contributed by atoms with Crippen LogP contribution >= 0.6 is 0 Å². The van der Waals surface area contributed by atoms with Crippen molar-refractivity contribution in [2.24, 2.45) is 7.05 Å². The maximum atomic E-state index is 12.1. The molecule has 0 saturated carbocycles. The highest BCUT2D eigenvalue weighted by Gasteiger charge is 2.25.